The van der Waals surface area contributed by atoms with Crippen LogP contribution in [0.3, 0.4) is 0 Å². The van der Waals surface area contributed by atoms with Crippen molar-refractivity contribution in [3.8, 4) is 0 Å². The maximum Gasteiger partial charge on any atom is 0.339 e. The first-order chi connectivity index (χ1) is 10.9. The molecule has 1 N–H and O–H groups in total. The van der Waals surface area contributed by atoms with Gasteiger partial charge in [0.25, 0.3) is 5.91 Å². The third-order valence-corrected chi connectivity index (χ3v) is 4.00. The molecule has 2 aromatic carbocycles. The zero-order chi connectivity index (χ0) is 16.6. The number of hydrogen-bond donors (Lipinski definition) is 1. The van der Waals surface area contributed by atoms with E-state index in [2.05, 4.69) is 5.32 Å². The number of anilines is 1. The van der Waals surface area contributed by atoms with Gasteiger partial charge < -0.3 is 10.1 Å². The molecule has 1 atom stereocenters. The molecule has 118 valence electrons. The van der Waals surface area contributed by atoms with Gasteiger partial charge in [0.1, 0.15) is 5.82 Å². The van der Waals surface area contributed by atoms with Crippen molar-refractivity contribution in [2.45, 2.75) is 25.9 Å². The number of carbonyl (C=O) groups excluding carboxylic acids is 2. The van der Waals surface area contributed by atoms with E-state index < -0.39 is 17.5 Å². The largest absolute Gasteiger partial charge is 0.445 e. The van der Waals surface area contributed by atoms with Crippen molar-refractivity contribution in [2.75, 3.05) is 5.32 Å². The Kier molecular flexibility index (Phi) is 3.64. The number of rotatable bonds is 2. The van der Waals surface area contributed by atoms with Crippen molar-refractivity contribution < 1.29 is 18.7 Å². The molecule has 23 heavy (non-hydrogen) atoms. The first-order valence-electron chi connectivity index (χ1n) is 7.28. The summed E-state index contributed by atoms with van der Waals surface area (Å²) < 4.78 is 18.5. The van der Waals surface area contributed by atoms with E-state index >= 15 is 0 Å². The number of halogens is 1. The average Bonchev–Trinajstić information content (AvgIpc) is 2.50. The number of nitrogens with one attached hydrogen (secondary N) is 1. The maximum absolute atomic E-state index is 13.1. The van der Waals surface area contributed by atoms with E-state index in [1.807, 2.05) is 12.1 Å². The van der Waals surface area contributed by atoms with Crippen LogP contribution in [0, 0.1) is 12.7 Å². The Morgan fingerprint density at radius 3 is 2.74 bits per heavy atom. The Bertz CT molecular complexity index is 803. The van der Waals surface area contributed by atoms with Crippen LogP contribution in [0.2, 0.25) is 0 Å². The molecule has 0 saturated heterocycles. The summed E-state index contributed by atoms with van der Waals surface area (Å²) in [6.45, 7) is 3.28. The van der Waals surface area contributed by atoms with Crippen LogP contribution in [0.4, 0.5) is 10.1 Å². The van der Waals surface area contributed by atoms with Crippen LogP contribution in [0.15, 0.2) is 42.5 Å². The first-order valence-corrected chi connectivity index (χ1v) is 7.28. The number of hydrogen-bond acceptors (Lipinski definition) is 3. The molecule has 3 rings (SSSR count). The molecule has 0 saturated carbocycles. The Morgan fingerprint density at radius 2 is 2.00 bits per heavy atom. The summed E-state index contributed by atoms with van der Waals surface area (Å²) in [5.41, 5.74) is 1.05. The molecule has 1 amide bonds. The molecule has 1 aliphatic rings. The van der Waals surface area contributed by atoms with Crippen LogP contribution in [-0.4, -0.2) is 17.5 Å². The van der Waals surface area contributed by atoms with Gasteiger partial charge in [0, 0.05) is 12.1 Å². The first kappa shape index (κ1) is 15.2. The molecule has 2 aromatic rings. The summed E-state index contributed by atoms with van der Waals surface area (Å²) in [5.74, 6) is -1.32. The van der Waals surface area contributed by atoms with Gasteiger partial charge in [-0.3, -0.25) is 4.79 Å². The lowest BCUT2D eigenvalue weighted by Crippen LogP contribution is -2.49. The second kappa shape index (κ2) is 5.50. The van der Waals surface area contributed by atoms with Gasteiger partial charge in [-0.15, -0.1) is 0 Å². The van der Waals surface area contributed by atoms with E-state index in [0.29, 0.717) is 23.2 Å². The van der Waals surface area contributed by atoms with Crippen LogP contribution in [0.5, 0.6) is 0 Å². The molecule has 0 aromatic heterocycles. The Hall–Kier alpha value is -2.69. The minimum absolute atomic E-state index is 0.293. The minimum atomic E-state index is -1.30. The van der Waals surface area contributed by atoms with Crippen molar-refractivity contribution in [2.24, 2.45) is 0 Å². The molecular formula is C18H16FNO3. The highest BCUT2D eigenvalue weighted by atomic mass is 19.1. The molecule has 4 nitrogen and oxygen atoms in total. The van der Waals surface area contributed by atoms with Crippen LogP contribution >= 0.6 is 0 Å². The summed E-state index contributed by atoms with van der Waals surface area (Å²) in [5, 5.41) is 2.72. The Morgan fingerprint density at radius 1 is 1.26 bits per heavy atom. The van der Waals surface area contributed by atoms with Crippen molar-refractivity contribution >= 4 is 17.6 Å². The number of ether oxygens (including phenoxy) is 1. The predicted molar refractivity (Wildman–Crippen MR) is 83.7 cm³/mol. The summed E-state index contributed by atoms with van der Waals surface area (Å²) in [6.07, 6.45) is 0.293. The van der Waals surface area contributed by atoms with Crippen LogP contribution in [0.25, 0.3) is 0 Å². The standard InChI is InChI=1S/C18H16FNO3/c1-11-9-13(19)7-8-15(11)20-17(22)18(2)10-12-5-3-4-6-14(12)16(21)23-18/h3-9H,10H2,1-2H3,(H,20,22)/t18-/m0/s1. The topological polar surface area (TPSA) is 55.4 Å². The van der Waals surface area contributed by atoms with E-state index in [0.717, 1.165) is 5.56 Å². The second-order valence-corrected chi connectivity index (χ2v) is 5.87. The summed E-state index contributed by atoms with van der Waals surface area (Å²) in [7, 11) is 0. The predicted octanol–water partition coefficient (Wildman–Crippen LogP) is 3.24. The Balaban J connectivity index is 1.86. The number of benzene rings is 2. The van der Waals surface area contributed by atoms with Gasteiger partial charge in [-0.1, -0.05) is 18.2 Å². The zero-order valence-electron chi connectivity index (χ0n) is 12.9. The SMILES string of the molecule is Cc1cc(F)ccc1NC(=O)[C@]1(C)Cc2ccccc2C(=O)O1. The van der Waals surface area contributed by atoms with Crippen molar-refractivity contribution in [3.05, 3.63) is 65.0 Å². The van der Waals surface area contributed by atoms with Crippen LogP contribution in [0.1, 0.15) is 28.4 Å². The van der Waals surface area contributed by atoms with E-state index in [9.17, 15) is 14.0 Å². The van der Waals surface area contributed by atoms with Gasteiger partial charge in [-0.2, -0.15) is 0 Å². The third kappa shape index (κ3) is 2.82. The van der Waals surface area contributed by atoms with Crippen molar-refractivity contribution in [3.63, 3.8) is 0 Å². The lowest BCUT2D eigenvalue weighted by atomic mass is 9.89. The highest BCUT2D eigenvalue weighted by Gasteiger charge is 2.42. The fourth-order valence-corrected chi connectivity index (χ4v) is 2.68. The lowest BCUT2D eigenvalue weighted by Gasteiger charge is -2.33. The smallest absolute Gasteiger partial charge is 0.339 e. The lowest BCUT2D eigenvalue weighted by molar-refractivity contribution is -0.134. The van der Waals surface area contributed by atoms with Gasteiger partial charge >= 0.3 is 5.97 Å². The number of cyclic esters (lactones) is 1. The highest BCUT2D eigenvalue weighted by Crippen LogP contribution is 2.29. The molecule has 0 bridgehead atoms. The molecule has 5 heteroatoms. The summed E-state index contributed by atoms with van der Waals surface area (Å²) in [4.78, 5) is 24.7. The Labute approximate surface area is 133 Å². The van der Waals surface area contributed by atoms with Gasteiger partial charge in [-0.25, -0.2) is 9.18 Å². The van der Waals surface area contributed by atoms with E-state index in [1.54, 1.807) is 26.0 Å². The minimum Gasteiger partial charge on any atom is -0.445 e. The molecule has 0 radical (unpaired) electrons. The van der Waals surface area contributed by atoms with Gasteiger partial charge in [0.05, 0.1) is 5.56 Å². The van der Waals surface area contributed by atoms with Crippen LogP contribution in [-0.2, 0) is 16.0 Å². The maximum atomic E-state index is 13.1. The van der Waals surface area contributed by atoms with E-state index in [4.69, 9.17) is 4.74 Å². The van der Waals surface area contributed by atoms with E-state index in [1.165, 1.54) is 18.2 Å². The molecule has 0 spiro atoms. The average molecular weight is 313 g/mol. The molecule has 0 aliphatic carbocycles. The van der Waals surface area contributed by atoms with Gasteiger partial charge in [0.2, 0.25) is 0 Å². The quantitative estimate of drug-likeness (QED) is 0.866. The monoisotopic (exact) mass is 313 g/mol. The van der Waals surface area contributed by atoms with Crippen molar-refractivity contribution in [1.29, 1.82) is 0 Å². The van der Waals surface area contributed by atoms with Gasteiger partial charge in [0.15, 0.2) is 5.60 Å². The number of carbonyl (C=O) groups is 2. The normalized spacial score (nSPS) is 19.7. The van der Waals surface area contributed by atoms with Gasteiger partial charge in [-0.05, 0) is 49.2 Å². The van der Waals surface area contributed by atoms with Crippen LogP contribution < -0.4 is 5.32 Å². The zero-order valence-corrected chi connectivity index (χ0v) is 12.9. The fourth-order valence-electron chi connectivity index (χ4n) is 2.68. The molecule has 1 heterocycles. The third-order valence-electron chi connectivity index (χ3n) is 4.00. The number of amides is 1. The fraction of sp³-hybridized carbons (Fsp3) is 0.222. The second-order valence-electron chi connectivity index (χ2n) is 5.87. The highest BCUT2D eigenvalue weighted by molar-refractivity contribution is 6.02. The number of fused-ring (bicyclic) bond motifs is 1. The number of aryl methyl sites for hydroxylation is 1. The summed E-state index contributed by atoms with van der Waals surface area (Å²) in [6, 6.07) is 11.2. The molecular weight excluding hydrogens is 297 g/mol. The number of esters is 1. The molecule has 0 fully saturated rings. The summed E-state index contributed by atoms with van der Waals surface area (Å²) >= 11 is 0. The molecule has 0 unspecified atom stereocenters. The van der Waals surface area contributed by atoms with E-state index in [-0.39, 0.29) is 5.82 Å². The van der Waals surface area contributed by atoms with Crippen molar-refractivity contribution in [1.82, 2.24) is 0 Å². The molecule has 1 aliphatic heterocycles.